The van der Waals surface area contributed by atoms with Crippen molar-refractivity contribution in [3.63, 3.8) is 0 Å². The molecule has 1 aliphatic heterocycles. The summed E-state index contributed by atoms with van der Waals surface area (Å²) in [4.78, 5) is 39.7. The molecule has 4 rings (SSSR count). The third-order valence-electron chi connectivity index (χ3n) is 7.29. The summed E-state index contributed by atoms with van der Waals surface area (Å²) in [5.74, 6) is -1.50. The second-order valence-corrected chi connectivity index (χ2v) is 9.67. The highest BCUT2D eigenvalue weighted by Crippen LogP contribution is 2.44. The number of alkyl carbamates (subject to hydrolysis) is 1. The van der Waals surface area contributed by atoms with Crippen LogP contribution in [0.25, 0.3) is 11.1 Å². The van der Waals surface area contributed by atoms with Gasteiger partial charge in [0.15, 0.2) is 0 Å². The van der Waals surface area contributed by atoms with E-state index in [4.69, 9.17) is 4.74 Å². The molecule has 7 nitrogen and oxygen atoms in total. The van der Waals surface area contributed by atoms with Gasteiger partial charge >= 0.3 is 12.1 Å². The van der Waals surface area contributed by atoms with Gasteiger partial charge in [0.05, 0.1) is 0 Å². The first kappa shape index (κ1) is 23.8. The molecule has 0 spiro atoms. The molecule has 1 heterocycles. The number of amides is 2. The number of carboxylic acids is 1. The van der Waals surface area contributed by atoms with Crippen LogP contribution in [-0.2, 0) is 14.3 Å². The van der Waals surface area contributed by atoms with Crippen molar-refractivity contribution in [3.05, 3.63) is 59.7 Å². The number of nitrogens with zero attached hydrogens (tertiary/aromatic N) is 1. The van der Waals surface area contributed by atoms with E-state index in [1.54, 1.807) is 13.8 Å². The van der Waals surface area contributed by atoms with Gasteiger partial charge in [-0.25, -0.2) is 9.59 Å². The summed E-state index contributed by atoms with van der Waals surface area (Å²) in [5.41, 5.74) is 1.98. The fourth-order valence-corrected chi connectivity index (χ4v) is 5.39. The van der Waals surface area contributed by atoms with Crippen LogP contribution in [0.5, 0.6) is 0 Å². The summed E-state index contributed by atoms with van der Waals surface area (Å²) >= 11 is 0. The molecular formula is C27H32N2O5. The van der Waals surface area contributed by atoms with Crippen molar-refractivity contribution in [1.29, 1.82) is 0 Å². The minimum Gasteiger partial charge on any atom is -0.480 e. The predicted octanol–water partition coefficient (Wildman–Crippen LogP) is 4.55. The average Bonchev–Trinajstić information content (AvgIpc) is 3.36. The Kier molecular flexibility index (Phi) is 6.39. The number of carboxylic acid groups (broad SMARTS) is 1. The second-order valence-electron chi connectivity index (χ2n) is 9.67. The van der Waals surface area contributed by atoms with Crippen molar-refractivity contribution in [2.75, 3.05) is 13.2 Å². The Hall–Kier alpha value is -3.35. The number of carbonyl (C=O) groups is 3. The summed E-state index contributed by atoms with van der Waals surface area (Å²) in [6.45, 7) is 5.65. The first-order valence-corrected chi connectivity index (χ1v) is 11.9. The lowest BCUT2D eigenvalue weighted by atomic mass is 9.91. The van der Waals surface area contributed by atoms with E-state index in [1.807, 2.05) is 43.3 Å². The van der Waals surface area contributed by atoms with Gasteiger partial charge in [-0.15, -0.1) is 0 Å². The molecule has 0 aromatic heterocycles. The zero-order valence-electron chi connectivity index (χ0n) is 20.0. The van der Waals surface area contributed by atoms with Crippen LogP contribution in [0.4, 0.5) is 4.79 Å². The van der Waals surface area contributed by atoms with Gasteiger partial charge in [0.1, 0.15) is 17.7 Å². The van der Waals surface area contributed by atoms with Gasteiger partial charge in [-0.3, -0.25) is 4.79 Å². The molecule has 180 valence electrons. The van der Waals surface area contributed by atoms with Gasteiger partial charge in [0, 0.05) is 12.5 Å². The molecule has 0 radical (unpaired) electrons. The Balaban J connectivity index is 1.49. The van der Waals surface area contributed by atoms with E-state index in [9.17, 15) is 19.5 Å². The lowest BCUT2D eigenvalue weighted by Crippen LogP contribution is -2.62. The molecule has 7 heteroatoms. The maximum atomic E-state index is 13.5. The molecule has 2 aliphatic rings. The molecule has 1 fully saturated rings. The first-order valence-electron chi connectivity index (χ1n) is 11.9. The van der Waals surface area contributed by atoms with E-state index < -0.39 is 23.1 Å². The quantitative estimate of drug-likeness (QED) is 0.627. The molecule has 2 aromatic carbocycles. The Bertz CT molecular complexity index is 1070. The van der Waals surface area contributed by atoms with Crippen LogP contribution in [0.1, 0.15) is 63.5 Å². The lowest BCUT2D eigenvalue weighted by Gasteiger charge is -2.39. The van der Waals surface area contributed by atoms with E-state index in [0.717, 1.165) is 22.3 Å². The summed E-state index contributed by atoms with van der Waals surface area (Å²) in [5, 5.41) is 12.5. The summed E-state index contributed by atoms with van der Waals surface area (Å²) < 4.78 is 5.66. The van der Waals surface area contributed by atoms with Crippen LogP contribution in [0.2, 0.25) is 0 Å². The van der Waals surface area contributed by atoms with Crippen molar-refractivity contribution >= 4 is 18.0 Å². The molecule has 2 N–H and O–H groups in total. The summed E-state index contributed by atoms with van der Waals surface area (Å²) in [7, 11) is 0. The number of nitrogens with one attached hydrogen (secondary N) is 1. The zero-order valence-corrected chi connectivity index (χ0v) is 20.0. The third-order valence-corrected chi connectivity index (χ3v) is 7.29. The molecular weight excluding hydrogens is 432 g/mol. The largest absolute Gasteiger partial charge is 0.480 e. The highest BCUT2D eigenvalue weighted by Gasteiger charge is 2.50. The van der Waals surface area contributed by atoms with Crippen molar-refractivity contribution in [3.8, 4) is 11.1 Å². The van der Waals surface area contributed by atoms with Crippen LogP contribution < -0.4 is 5.32 Å². The highest BCUT2D eigenvalue weighted by molar-refractivity contribution is 5.94. The molecule has 2 amide bonds. The Labute approximate surface area is 200 Å². The van der Waals surface area contributed by atoms with E-state index >= 15 is 0 Å². The minimum absolute atomic E-state index is 0.0832. The van der Waals surface area contributed by atoms with E-state index in [-0.39, 0.29) is 18.4 Å². The first-order chi connectivity index (χ1) is 16.2. The molecule has 0 bridgehead atoms. The highest BCUT2D eigenvalue weighted by atomic mass is 16.5. The summed E-state index contributed by atoms with van der Waals surface area (Å²) in [6, 6.07) is 16.2. The number of hydrogen-bond acceptors (Lipinski definition) is 4. The number of aliphatic carboxylic acids is 1. The number of benzene rings is 2. The zero-order chi connectivity index (χ0) is 24.5. The minimum atomic E-state index is -1.27. The molecule has 34 heavy (non-hydrogen) atoms. The van der Waals surface area contributed by atoms with E-state index in [2.05, 4.69) is 17.4 Å². The second kappa shape index (κ2) is 9.12. The van der Waals surface area contributed by atoms with Crippen LogP contribution in [0, 0.1) is 0 Å². The van der Waals surface area contributed by atoms with Crippen LogP contribution in [-0.4, -0.2) is 52.2 Å². The smallest absolute Gasteiger partial charge is 0.408 e. The van der Waals surface area contributed by atoms with Gasteiger partial charge in [0.2, 0.25) is 5.91 Å². The predicted molar refractivity (Wildman–Crippen MR) is 129 cm³/mol. The number of rotatable bonds is 7. The standard InChI is InChI=1S/C27H32N2O5/c1-4-14-26(2,23(30)29-16-9-15-27(29,3)24(31)32)28-25(33)34-17-22-20-12-7-5-10-18(20)19-11-6-8-13-21(19)22/h5-8,10-13,22H,4,9,14-17H2,1-3H3,(H,28,33)(H,31,32)/t26?,27-/m1/s1. The number of fused-ring (bicyclic) bond motifs is 3. The van der Waals surface area contributed by atoms with Crippen molar-refractivity contribution < 1.29 is 24.2 Å². The fraction of sp³-hybridized carbons (Fsp3) is 0.444. The van der Waals surface area contributed by atoms with E-state index in [1.165, 1.54) is 4.90 Å². The lowest BCUT2D eigenvalue weighted by molar-refractivity contribution is -0.158. The van der Waals surface area contributed by atoms with Crippen LogP contribution in [0.15, 0.2) is 48.5 Å². The number of carbonyl (C=O) groups excluding carboxylic acids is 2. The fourth-order valence-electron chi connectivity index (χ4n) is 5.39. The topological polar surface area (TPSA) is 95.9 Å². The molecule has 0 saturated carbocycles. The maximum absolute atomic E-state index is 13.5. The van der Waals surface area contributed by atoms with Crippen molar-refractivity contribution in [2.45, 2.75) is 63.5 Å². The maximum Gasteiger partial charge on any atom is 0.408 e. The normalized spacial score (nSPS) is 20.9. The molecule has 2 aromatic rings. The van der Waals surface area contributed by atoms with E-state index in [0.29, 0.717) is 32.2 Å². The molecule has 1 saturated heterocycles. The Morgan fingerprint density at radius 3 is 2.26 bits per heavy atom. The molecule has 2 atom stereocenters. The van der Waals surface area contributed by atoms with Gasteiger partial charge in [-0.05, 0) is 55.4 Å². The third kappa shape index (κ3) is 4.04. The Morgan fingerprint density at radius 2 is 1.71 bits per heavy atom. The van der Waals surface area contributed by atoms with Crippen LogP contribution in [0.3, 0.4) is 0 Å². The van der Waals surface area contributed by atoms with Gasteiger partial charge < -0.3 is 20.1 Å². The average molecular weight is 465 g/mol. The van der Waals surface area contributed by atoms with Gasteiger partial charge in [-0.2, -0.15) is 0 Å². The molecule has 1 aliphatic carbocycles. The molecule has 1 unspecified atom stereocenters. The van der Waals surface area contributed by atoms with Gasteiger partial charge in [0.25, 0.3) is 0 Å². The number of ether oxygens (including phenoxy) is 1. The SMILES string of the molecule is CCCC(C)(NC(=O)OCC1c2ccccc2-c2ccccc21)C(=O)N1CCC[C@]1(C)C(=O)O. The van der Waals surface area contributed by atoms with Crippen LogP contribution >= 0.6 is 0 Å². The monoisotopic (exact) mass is 464 g/mol. The Morgan fingerprint density at radius 1 is 1.12 bits per heavy atom. The number of hydrogen-bond donors (Lipinski definition) is 2. The number of likely N-dealkylation sites (tertiary alicyclic amines) is 1. The van der Waals surface area contributed by atoms with Gasteiger partial charge in [-0.1, -0.05) is 61.9 Å². The summed E-state index contributed by atoms with van der Waals surface area (Å²) in [6.07, 6.45) is 1.34. The van der Waals surface area contributed by atoms with Crippen molar-refractivity contribution in [1.82, 2.24) is 10.2 Å². The van der Waals surface area contributed by atoms with Crippen molar-refractivity contribution in [2.24, 2.45) is 0 Å².